The van der Waals surface area contributed by atoms with Gasteiger partial charge in [0.1, 0.15) is 0 Å². The van der Waals surface area contributed by atoms with Crippen LogP contribution in [0, 0.1) is 23.2 Å². The van der Waals surface area contributed by atoms with Gasteiger partial charge in [0.2, 0.25) is 0 Å². The molecular formula is C18H24N2OS2. The lowest BCUT2D eigenvalue weighted by atomic mass is 9.48. The summed E-state index contributed by atoms with van der Waals surface area (Å²) in [5.74, 6) is 2.69. The Morgan fingerprint density at radius 2 is 1.87 bits per heavy atom. The Labute approximate surface area is 147 Å². The predicted octanol–water partition coefficient (Wildman–Crippen LogP) is 3.96. The lowest BCUT2D eigenvalue weighted by molar-refractivity contribution is -0.0672. The molecule has 124 valence electrons. The van der Waals surface area contributed by atoms with Crippen LogP contribution in [0.2, 0.25) is 0 Å². The second-order valence-electron chi connectivity index (χ2n) is 7.91. The number of thiophene rings is 1. The fraction of sp³-hybridized carbons (Fsp3) is 0.667. The molecule has 4 aliphatic rings. The van der Waals surface area contributed by atoms with Crippen LogP contribution in [0.15, 0.2) is 17.5 Å². The van der Waals surface area contributed by atoms with Gasteiger partial charge in [-0.2, -0.15) is 0 Å². The van der Waals surface area contributed by atoms with Crippen LogP contribution in [-0.4, -0.2) is 17.1 Å². The molecule has 1 unspecified atom stereocenters. The molecule has 4 fully saturated rings. The van der Waals surface area contributed by atoms with E-state index in [2.05, 4.69) is 17.6 Å². The Kier molecular flexibility index (Phi) is 3.96. The van der Waals surface area contributed by atoms with Crippen molar-refractivity contribution in [2.75, 3.05) is 0 Å². The summed E-state index contributed by atoms with van der Waals surface area (Å²) in [4.78, 5) is 12.8. The van der Waals surface area contributed by atoms with Gasteiger partial charge in [-0.3, -0.25) is 10.1 Å². The van der Waals surface area contributed by atoms with Crippen LogP contribution >= 0.6 is 23.6 Å². The maximum absolute atomic E-state index is 12.1. The molecule has 0 spiro atoms. The highest BCUT2D eigenvalue weighted by molar-refractivity contribution is 7.80. The van der Waals surface area contributed by atoms with Crippen molar-refractivity contribution in [3.05, 3.63) is 22.4 Å². The van der Waals surface area contributed by atoms with Gasteiger partial charge in [-0.15, -0.1) is 11.3 Å². The van der Waals surface area contributed by atoms with Gasteiger partial charge in [0.15, 0.2) is 5.11 Å². The number of carbonyl (C=O) groups excluding carboxylic acids is 1. The van der Waals surface area contributed by atoms with E-state index in [9.17, 15) is 4.79 Å². The molecule has 23 heavy (non-hydrogen) atoms. The highest BCUT2D eigenvalue weighted by Gasteiger charge is 2.53. The zero-order valence-electron chi connectivity index (χ0n) is 13.5. The first-order valence-electron chi connectivity index (χ1n) is 8.69. The van der Waals surface area contributed by atoms with Crippen LogP contribution in [-0.2, 0) is 0 Å². The monoisotopic (exact) mass is 348 g/mol. The van der Waals surface area contributed by atoms with Crippen LogP contribution in [0.3, 0.4) is 0 Å². The van der Waals surface area contributed by atoms with Crippen LogP contribution in [0.4, 0.5) is 0 Å². The van der Waals surface area contributed by atoms with Crippen molar-refractivity contribution in [2.24, 2.45) is 23.2 Å². The fourth-order valence-electron chi connectivity index (χ4n) is 5.67. The number of hydrogen-bond acceptors (Lipinski definition) is 3. The molecule has 4 aliphatic carbocycles. The minimum Gasteiger partial charge on any atom is -0.359 e. The summed E-state index contributed by atoms with van der Waals surface area (Å²) in [6, 6.07) is 4.05. The second-order valence-corrected chi connectivity index (χ2v) is 9.26. The number of amides is 1. The summed E-state index contributed by atoms with van der Waals surface area (Å²) in [6.07, 6.45) is 8.38. The van der Waals surface area contributed by atoms with E-state index in [1.807, 2.05) is 17.5 Å². The zero-order chi connectivity index (χ0) is 16.0. The molecular weight excluding hydrogens is 324 g/mol. The molecule has 0 aromatic carbocycles. The van der Waals surface area contributed by atoms with E-state index in [1.165, 1.54) is 49.9 Å². The average Bonchev–Trinajstić information content (AvgIpc) is 2.99. The van der Waals surface area contributed by atoms with Crippen LogP contribution in [0.1, 0.15) is 55.1 Å². The van der Waals surface area contributed by atoms with E-state index in [0.29, 0.717) is 21.4 Å². The standard InChI is InChI=1S/C18H24N2OS2/c1-11(19-17(22)20-16(21)15-3-2-4-23-15)18-8-12-5-13(9-18)7-14(6-12)10-18/h2-4,11-14H,5-10H2,1H3,(H2,19,20,21,22). The Balaban J connectivity index is 1.39. The molecule has 1 aromatic heterocycles. The second kappa shape index (κ2) is 5.85. The molecule has 0 aliphatic heterocycles. The summed E-state index contributed by atoms with van der Waals surface area (Å²) >= 11 is 6.84. The van der Waals surface area contributed by atoms with Crippen molar-refractivity contribution in [3.8, 4) is 0 Å². The topological polar surface area (TPSA) is 41.1 Å². The Morgan fingerprint density at radius 3 is 2.39 bits per heavy atom. The fourth-order valence-corrected chi connectivity index (χ4v) is 6.55. The van der Waals surface area contributed by atoms with E-state index < -0.39 is 0 Å². The molecule has 4 saturated carbocycles. The van der Waals surface area contributed by atoms with E-state index in [4.69, 9.17) is 12.2 Å². The summed E-state index contributed by atoms with van der Waals surface area (Å²) in [7, 11) is 0. The van der Waals surface area contributed by atoms with Crippen molar-refractivity contribution in [1.82, 2.24) is 10.6 Å². The minimum atomic E-state index is -0.102. The summed E-state index contributed by atoms with van der Waals surface area (Å²) in [6.45, 7) is 2.26. The summed E-state index contributed by atoms with van der Waals surface area (Å²) < 4.78 is 0. The number of nitrogens with one attached hydrogen (secondary N) is 2. The third-order valence-electron chi connectivity index (χ3n) is 6.32. The molecule has 5 rings (SSSR count). The smallest absolute Gasteiger partial charge is 0.267 e. The van der Waals surface area contributed by atoms with Crippen molar-refractivity contribution >= 4 is 34.6 Å². The molecule has 1 heterocycles. The predicted molar refractivity (Wildman–Crippen MR) is 97.6 cm³/mol. The maximum atomic E-state index is 12.1. The van der Waals surface area contributed by atoms with Gasteiger partial charge in [-0.25, -0.2) is 0 Å². The normalized spacial score (nSPS) is 35.8. The first-order valence-corrected chi connectivity index (χ1v) is 9.98. The third-order valence-corrected chi connectivity index (χ3v) is 7.41. The van der Waals surface area contributed by atoms with Crippen LogP contribution in [0.5, 0.6) is 0 Å². The maximum Gasteiger partial charge on any atom is 0.267 e. The quantitative estimate of drug-likeness (QED) is 0.813. The SMILES string of the molecule is CC(NC(=S)NC(=O)c1cccs1)C12CC3CC(CC(C3)C1)C2. The summed E-state index contributed by atoms with van der Waals surface area (Å²) in [5, 5.41) is 8.66. The van der Waals surface area contributed by atoms with Crippen LogP contribution < -0.4 is 10.6 Å². The van der Waals surface area contributed by atoms with Crippen molar-refractivity contribution in [2.45, 2.75) is 51.5 Å². The van der Waals surface area contributed by atoms with E-state index in [-0.39, 0.29) is 5.91 Å². The van der Waals surface area contributed by atoms with Crippen molar-refractivity contribution in [3.63, 3.8) is 0 Å². The first-order chi connectivity index (χ1) is 11.0. The van der Waals surface area contributed by atoms with E-state index in [0.717, 1.165) is 17.8 Å². The molecule has 1 atom stereocenters. The minimum absolute atomic E-state index is 0.102. The third kappa shape index (κ3) is 2.93. The Bertz CT molecular complexity index is 575. The van der Waals surface area contributed by atoms with Gasteiger partial charge in [0.05, 0.1) is 4.88 Å². The zero-order valence-corrected chi connectivity index (χ0v) is 15.1. The highest BCUT2D eigenvalue weighted by atomic mass is 32.1. The molecule has 1 aromatic rings. The molecule has 0 saturated heterocycles. The van der Waals surface area contributed by atoms with Gasteiger partial charge in [-0.05, 0) is 92.3 Å². The highest BCUT2D eigenvalue weighted by Crippen LogP contribution is 2.61. The first kappa shape index (κ1) is 15.6. The van der Waals surface area contributed by atoms with Crippen molar-refractivity contribution < 1.29 is 4.79 Å². The number of rotatable bonds is 3. The van der Waals surface area contributed by atoms with Gasteiger partial charge >= 0.3 is 0 Å². The molecule has 5 heteroatoms. The largest absolute Gasteiger partial charge is 0.359 e. The molecule has 2 N–H and O–H groups in total. The van der Waals surface area contributed by atoms with Crippen LogP contribution in [0.25, 0.3) is 0 Å². The lowest BCUT2D eigenvalue weighted by Crippen LogP contribution is -2.57. The Hall–Kier alpha value is -0.940. The summed E-state index contributed by atoms with van der Waals surface area (Å²) in [5.41, 5.74) is 0.395. The number of hydrogen-bond donors (Lipinski definition) is 2. The van der Waals surface area contributed by atoms with E-state index in [1.54, 1.807) is 0 Å². The molecule has 3 nitrogen and oxygen atoms in total. The van der Waals surface area contributed by atoms with Gasteiger partial charge in [-0.1, -0.05) is 6.07 Å². The molecule has 4 bridgehead atoms. The average molecular weight is 349 g/mol. The van der Waals surface area contributed by atoms with E-state index >= 15 is 0 Å². The Morgan fingerprint density at radius 1 is 1.26 bits per heavy atom. The molecule has 1 amide bonds. The lowest BCUT2D eigenvalue weighted by Gasteiger charge is -2.59. The van der Waals surface area contributed by atoms with Gasteiger partial charge in [0, 0.05) is 6.04 Å². The molecule has 0 radical (unpaired) electrons. The van der Waals surface area contributed by atoms with Gasteiger partial charge < -0.3 is 5.32 Å². The number of thiocarbonyl (C=S) groups is 1. The van der Waals surface area contributed by atoms with Crippen molar-refractivity contribution in [1.29, 1.82) is 0 Å². The van der Waals surface area contributed by atoms with Gasteiger partial charge in [0.25, 0.3) is 5.91 Å². The number of carbonyl (C=O) groups is 1.